The Kier molecular flexibility index (Phi) is 4.39. The predicted molar refractivity (Wildman–Crippen MR) is 57.6 cm³/mol. The fraction of sp³-hybridized carbons (Fsp3) is 0.250. The Labute approximate surface area is 89.6 Å². The van der Waals surface area contributed by atoms with Crippen LogP contribution < -0.4 is 4.74 Å². The van der Waals surface area contributed by atoms with Gasteiger partial charge < -0.3 is 9.47 Å². The first kappa shape index (κ1) is 11.3. The van der Waals surface area contributed by atoms with Gasteiger partial charge in [0.25, 0.3) is 0 Å². The topological polar surface area (TPSA) is 42.2 Å². The van der Waals surface area contributed by atoms with Gasteiger partial charge in [0.1, 0.15) is 5.75 Å². The van der Waals surface area contributed by atoms with Crippen molar-refractivity contribution in [2.75, 3.05) is 13.7 Å². The molecule has 0 aliphatic rings. The van der Waals surface area contributed by atoms with E-state index in [9.17, 15) is 0 Å². The Morgan fingerprint density at radius 1 is 1.53 bits per heavy atom. The van der Waals surface area contributed by atoms with E-state index < -0.39 is 0 Å². The van der Waals surface area contributed by atoms with Crippen LogP contribution in [0.15, 0.2) is 30.9 Å². The smallest absolute Gasteiger partial charge is 0.124 e. The van der Waals surface area contributed by atoms with Gasteiger partial charge in [0.05, 0.1) is 32.0 Å². The molecule has 3 heteroatoms. The van der Waals surface area contributed by atoms with Gasteiger partial charge in [0.2, 0.25) is 0 Å². The van der Waals surface area contributed by atoms with E-state index in [1.165, 1.54) is 0 Å². The van der Waals surface area contributed by atoms with Crippen molar-refractivity contribution >= 4 is 0 Å². The number of benzene rings is 1. The van der Waals surface area contributed by atoms with Crippen LogP contribution in [0.3, 0.4) is 0 Å². The third-order valence-corrected chi connectivity index (χ3v) is 1.90. The van der Waals surface area contributed by atoms with Crippen molar-refractivity contribution in [3.63, 3.8) is 0 Å². The lowest BCUT2D eigenvalue weighted by molar-refractivity contribution is 0.146. The molecule has 15 heavy (non-hydrogen) atoms. The van der Waals surface area contributed by atoms with Crippen LogP contribution in [0.4, 0.5) is 0 Å². The molecule has 0 radical (unpaired) electrons. The summed E-state index contributed by atoms with van der Waals surface area (Å²) in [6.07, 6.45) is 1.68. The third-order valence-electron chi connectivity index (χ3n) is 1.90. The summed E-state index contributed by atoms with van der Waals surface area (Å²) in [5.74, 6) is 0.734. The number of hydrogen-bond acceptors (Lipinski definition) is 3. The first-order valence-electron chi connectivity index (χ1n) is 4.57. The van der Waals surface area contributed by atoms with Crippen molar-refractivity contribution in [3.05, 3.63) is 42.0 Å². The Bertz CT molecular complexity index is 380. The summed E-state index contributed by atoms with van der Waals surface area (Å²) < 4.78 is 10.5. The second kappa shape index (κ2) is 5.84. The molecule has 0 bridgehead atoms. The SMILES string of the molecule is C=CCOCc1cc(C#N)ccc1OC. The fourth-order valence-corrected chi connectivity index (χ4v) is 1.21. The highest BCUT2D eigenvalue weighted by atomic mass is 16.5. The van der Waals surface area contributed by atoms with Crippen molar-refractivity contribution in [1.29, 1.82) is 5.26 Å². The molecule has 0 fully saturated rings. The van der Waals surface area contributed by atoms with Crippen molar-refractivity contribution in [2.45, 2.75) is 6.61 Å². The minimum Gasteiger partial charge on any atom is -0.496 e. The molecule has 1 aromatic carbocycles. The fourth-order valence-electron chi connectivity index (χ4n) is 1.21. The second-order valence-electron chi connectivity index (χ2n) is 2.94. The van der Waals surface area contributed by atoms with Crippen molar-refractivity contribution in [1.82, 2.24) is 0 Å². The van der Waals surface area contributed by atoms with Crippen LogP contribution in [-0.2, 0) is 11.3 Å². The molecular formula is C12H13NO2. The van der Waals surface area contributed by atoms with Gasteiger partial charge in [-0.1, -0.05) is 6.08 Å². The van der Waals surface area contributed by atoms with Crippen LogP contribution in [0.2, 0.25) is 0 Å². The van der Waals surface area contributed by atoms with Crippen LogP contribution in [0.25, 0.3) is 0 Å². The molecule has 0 unspecified atom stereocenters. The summed E-state index contributed by atoms with van der Waals surface area (Å²) in [6.45, 7) is 4.47. The van der Waals surface area contributed by atoms with Crippen LogP contribution in [0, 0.1) is 11.3 Å². The quantitative estimate of drug-likeness (QED) is 0.544. The summed E-state index contributed by atoms with van der Waals surface area (Å²) in [5, 5.41) is 8.75. The summed E-state index contributed by atoms with van der Waals surface area (Å²) in [5.41, 5.74) is 1.48. The number of nitriles is 1. The minimum atomic E-state index is 0.421. The zero-order valence-corrected chi connectivity index (χ0v) is 8.69. The van der Waals surface area contributed by atoms with Crippen molar-refractivity contribution in [2.24, 2.45) is 0 Å². The highest BCUT2D eigenvalue weighted by Gasteiger charge is 2.03. The third kappa shape index (κ3) is 3.12. The standard InChI is InChI=1S/C12H13NO2/c1-3-6-15-9-11-7-10(8-13)4-5-12(11)14-2/h3-5,7H,1,6,9H2,2H3. The zero-order valence-electron chi connectivity index (χ0n) is 8.69. The molecule has 0 amide bonds. The Morgan fingerprint density at radius 2 is 2.33 bits per heavy atom. The minimum absolute atomic E-state index is 0.421. The Morgan fingerprint density at radius 3 is 2.93 bits per heavy atom. The molecule has 0 saturated heterocycles. The lowest BCUT2D eigenvalue weighted by Gasteiger charge is -2.08. The lowest BCUT2D eigenvalue weighted by atomic mass is 10.1. The van der Waals surface area contributed by atoms with Crippen LogP contribution in [-0.4, -0.2) is 13.7 Å². The van der Waals surface area contributed by atoms with E-state index in [0.717, 1.165) is 11.3 Å². The van der Waals surface area contributed by atoms with Crippen molar-refractivity contribution < 1.29 is 9.47 Å². The normalized spacial score (nSPS) is 9.33. The number of nitrogens with zero attached hydrogens (tertiary/aromatic N) is 1. The molecule has 3 nitrogen and oxygen atoms in total. The van der Waals surface area contributed by atoms with E-state index in [-0.39, 0.29) is 0 Å². The summed E-state index contributed by atoms with van der Waals surface area (Å²) >= 11 is 0. The van der Waals surface area contributed by atoms with Gasteiger partial charge in [-0.05, 0) is 18.2 Å². The first-order valence-corrected chi connectivity index (χ1v) is 4.57. The van der Waals surface area contributed by atoms with Gasteiger partial charge in [0.15, 0.2) is 0 Å². The molecule has 0 atom stereocenters. The van der Waals surface area contributed by atoms with Crippen LogP contribution in [0.5, 0.6) is 5.75 Å². The largest absolute Gasteiger partial charge is 0.496 e. The Hall–Kier alpha value is -1.79. The molecule has 1 rings (SSSR count). The molecule has 0 aliphatic carbocycles. The molecule has 0 aliphatic heterocycles. The average molecular weight is 203 g/mol. The van der Waals surface area contributed by atoms with E-state index in [2.05, 4.69) is 12.6 Å². The molecule has 0 aromatic heterocycles. The van der Waals surface area contributed by atoms with E-state index in [1.807, 2.05) is 0 Å². The molecule has 0 N–H and O–H groups in total. The van der Waals surface area contributed by atoms with E-state index in [0.29, 0.717) is 18.8 Å². The molecule has 1 aromatic rings. The number of rotatable bonds is 5. The highest BCUT2D eigenvalue weighted by molar-refractivity contribution is 5.41. The number of ether oxygens (including phenoxy) is 2. The second-order valence-corrected chi connectivity index (χ2v) is 2.94. The van der Waals surface area contributed by atoms with Gasteiger partial charge in [-0.25, -0.2) is 0 Å². The molecule has 78 valence electrons. The van der Waals surface area contributed by atoms with Crippen LogP contribution in [0.1, 0.15) is 11.1 Å². The molecule has 0 saturated carbocycles. The maximum Gasteiger partial charge on any atom is 0.124 e. The van der Waals surface area contributed by atoms with Crippen molar-refractivity contribution in [3.8, 4) is 11.8 Å². The maximum absolute atomic E-state index is 8.75. The molecule has 0 heterocycles. The average Bonchev–Trinajstić information content (AvgIpc) is 2.29. The Balaban J connectivity index is 2.82. The van der Waals surface area contributed by atoms with E-state index >= 15 is 0 Å². The highest BCUT2D eigenvalue weighted by Crippen LogP contribution is 2.20. The van der Waals surface area contributed by atoms with Gasteiger partial charge in [0, 0.05) is 5.56 Å². The number of hydrogen-bond donors (Lipinski definition) is 0. The monoisotopic (exact) mass is 203 g/mol. The van der Waals surface area contributed by atoms with Crippen LogP contribution >= 0.6 is 0 Å². The van der Waals surface area contributed by atoms with Gasteiger partial charge in [-0.15, -0.1) is 6.58 Å². The summed E-state index contributed by atoms with van der Waals surface area (Å²) in [6, 6.07) is 7.33. The van der Waals surface area contributed by atoms with Gasteiger partial charge in [-0.2, -0.15) is 5.26 Å². The lowest BCUT2D eigenvalue weighted by Crippen LogP contribution is -1.97. The van der Waals surface area contributed by atoms with E-state index in [1.54, 1.807) is 31.4 Å². The summed E-state index contributed by atoms with van der Waals surface area (Å²) in [4.78, 5) is 0. The van der Waals surface area contributed by atoms with E-state index in [4.69, 9.17) is 14.7 Å². The number of methoxy groups -OCH3 is 1. The van der Waals surface area contributed by atoms with Gasteiger partial charge >= 0.3 is 0 Å². The zero-order chi connectivity index (χ0) is 11.1. The van der Waals surface area contributed by atoms with Gasteiger partial charge in [-0.3, -0.25) is 0 Å². The first-order chi connectivity index (χ1) is 7.31. The summed E-state index contributed by atoms with van der Waals surface area (Å²) in [7, 11) is 1.60. The molecule has 0 spiro atoms. The maximum atomic E-state index is 8.75. The predicted octanol–water partition coefficient (Wildman–Crippen LogP) is 2.27. The molecular weight excluding hydrogens is 190 g/mol.